The Bertz CT molecular complexity index is 954. The minimum atomic E-state index is -3.55. The van der Waals surface area contributed by atoms with Crippen molar-refractivity contribution in [2.45, 2.75) is 57.9 Å². The lowest BCUT2D eigenvalue weighted by Gasteiger charge is -2.26. The number of aryl methyl sites for hydroxylation is 2. The molecular weight excluding hydrogens is 402 g/mol. The van der Waals surface area contributed by atoms with Crippen LogP contribution in [0.3, 0.4) is 0 Å². The zero-order valence-electron chi connectivity index (χ0n) is 18.6. The number of sulfonamides is 1. The fourth-order valence-electron chi connectivity index (χ4n) is 3.64. The molecule has 1 aliphatic heterocycles. The predicted molar refractivity (Wildman–Crippen MR) is 117 cm³/mol. The molecule has 0 amide bonds. The molecule has 1 saturated heterocycles. The second kappa shape index (κ2) is 9.08. The van der Waals surface area contributed by atoms with E-state index in [1.807, 2.05) is 19.1 Å². The van der Waals surface area contributed by atoms with Crippen molar-refractivity contribution in [2.75, 3.05) is 32.9 Å². The fraction of sp³-hybridized carbons (Fsp3) is 0.591. The Labute approximate surface area is 180 Å². The Balaban J connectivity index is 1.60. The number of hydrogen-bond acceptors (Lipinski definition) is 5. The van der Waals surface area contributed by atoms with Gasteiger partial charge in [0, 0.05) is 26.1 Å². The standard InChI is InChI=1S/C22H33N3O4S/c1-17-21(30(26,27)24-12-15-28-16-13-24)18(2)25(23-17)11-6-14-29-20-9-7-19(8-10-20)22(3,4)5/h7-10H,6,11-16H2,1-5H3. The van der Waals surface area contributed by atoms with Gasteiger partial charge in [-0.25, -0.2) is 8.42 Å². The van der Waals surface area contributed by atoms with Crippen molar-refractivity contribution in [3.8, 4) is 5.75 Å². The number of hydrogen-bond donors (Lipinski definition) is 0. The van der Waals surface area contributed by atoms with E-state index in [0.29, 0.717) is 55.7 Å². The first-order chi connectivity index (χ1) is 14.1. The maximum absolute atomic E-state index is 13.0. The summed E-state index contributed by atoms with van der Waals surface area (Å²) in [6.07, 6.45) is 0.736. The van der Waals surface area contributed by atoms with Gasteiger partial charge >= 0.3 is 0 Å². The Morgan fingerprint density at radius 2 is 1.73 bits per heavy atom. The highest BCUT2D eigenvalue weighted by atomic mass is 32.2. The molecule has 166 valence electrons. The van der Waals surface area contributed by atoms with E-state index in [-0.39, 0.29) is 5.41 Å². The molecular formula is C22H33N3O4S. The topological polar surface area (TPSA) is 73.7 Å². The van der Waals surface area contributed by atoms with Crippen LogP contribution in [0.25, 0.3) is 0 Å². The zero-order chi connectivity index (χ0) is 21.9. The van der Waals surface area contributed by atoms with Crippen molar-refractivity contribution in [1.29, 1.82) is 0 Å². The first kappa shape index (κ1) is 22.8. The summed E-state index contributed by atoms with van der Waals surface area (Å²) in [5, 5.41) is 4.48. The van der Waals surface area contributed by atoms with Gasteiger partial charge in [-0.3, -0.25) is 4.68 Å². The van der Waals surface area contributed by atoms with E-state index < -0.39 is 10.0 Å². The van der Waals surface area contributed by atoms with Gasteiger partial charge in [0.1, 0.15) is 10.6 Å². The number of morpholine rings is 1. The number of nitrogens with zero attached hydrogens (tertiary/aromatic N) is 3. The molecule has 3 rings (SSSR count). The molecule has 0 saturated carbocycles. The Kier molecular flexibility index (Phi) is 6.89. The van der Waals surface area contributed by atoms with Crippen LogP contribution in [0, 0.1) is 13.8 Å². The molecule has 2 aromatic rings. The van der Waals surface area contributed by atoms with Gasteiger partial charge in [-0.05, 0) is 37.0 Å². The third-order valence-corrected chi connectivity index (χ3v) is 7.54. The summed E-state index contributed by atoms with van der Waals surface area (Å²) in [7, 11) is -3.55. The lowest BCUT2D eigenvalue weighted by molar-refractivity contribution is 0.0730. The Morgan fingerprint density at radius 3 is 2.33 bits per heavy atom. The maximum Gasteiger partial charge on any atom is 0.246 e. The summed E-state index contributed by atoms with van der Waals surface area (Å²) in [5.41, 5.74) is 2.60. The van der Waals surface area contributed by atoms with E-state index in [1.54, 1.807) is 11.6 Å². The fourth-order valence-corrected chi connectivity index (χ4v) is 5.42. The average Bonchev–Trinajstić information content (AvgIpc) is 2.99. The van der Waals surface area contributed by atoms with E-state index in [1.165, 1.54) is 9.87 Å². The van der Waals surface area contributed by atoms with Crippen LogP contribution in [-0.4, -0.2) is 55.4 Å². The summed E-state index contributed by atoms with van der Waals surface area (Å²) in [6, 6.07) is 8.19. The molecule has 0 N–H and O–H groups in total. The minimum absolute atomic E-state index is 0.118. The molecule has 0 radical (unpaired) electrons. The molecule has 7 nitrogen and oxygen atoms in total. The number of aromatic nitrogens is 2. The predicted octanol–water partition coefficient (Wildman–Crippen LogP) is 3.29. The van der Waals surface area contributed by atoms with Crippen LogP contribution in [0.15, 0.2) is 29.2 Å². The molecule has 1 aromatic carbocycles. The smallest absolute Gasteiger partial charge is 0.246 e. The van der Waals surface area contributed by atoms with Gasteiger partial charge in [-0.1, -0.05) is 32.9 Å². The quantitative estimate of drug-likeness (QED) is 0.624. The van der Waals surface area contributed by atoms with Crippen molar-refractivity contribution in [1.82, 2.24) is 14.1 Å². The molecule has 2 heterocycles. The second-order valence-electron chi connectivity index (χ2n) is 8.72. The van der Waals surface area contributed by atoms with Crippen LogP contribution >= 0.6 is 0 Å². The van der Waals surface area contributed by atoms with Crippen molar-refractivity contribution in [3.05, 3.63) is 41.2 Å². The normalized spacial score (nSPS) is 16.0. The second-order valence-corrected chi connectivity index (χ2v) is 10.6. The maximum atomic E-state index is 13.0. The van der Waals surface area contributed by atoms with Crippen molar-refractivity contribution < 1.29 is 17.9 Å². The first-order valence-electron chi connectivity index (χ1n) is 10.5. The third kappa shape index (κ3) is 5.04. The van der Waals surface area contributed by atoms with Crippen LogP contribution < -0.4 is 4.74 Å². The summed E-state index contributed by atoms with van der Waals surface area (Å²) in [6.45, 7) is 12.9. The van der Waals surface area contributed by atoms with Crippen LogP contribution in [0.1, 0.15) is 44.1 Å². The molecule has 1 aliphatic rings. The molecule has 0 bridgehead atoms. The molecule has 0 aliphatic carbocycles. The van der Waals surface area contributed by atoms with E-state index in [9.17, 15) is 8.42 Å². The molecule has 8 heteroatoms. The summed E-state index contributed by atoms with van der Waals surface area (Å²) in [5.74, 6) is 0.840. The van der Waals surface area contributed by atoms with Crippen molar-refractivity contribution >= 4 is 10.0 Å². The summed E-state index contributed by atoms with van der Waals surface area (Å²) in [4.78, 5) is 0.322. The molecule has 1 fully saturated rings. The summed E-state index contributed by atoms with van der Waals surface area (Å²) < 4.78 is 40.5. The van der Waals surface area contributed by atoms with Gasteiger partial charge in [0.15, 0.2) is 0 Å². The highest BCUT2D eigenvalue weighted by molar-refractivity contribution is 7.89. The highest BCUT2D eigenvalue weighted by Crippen LogP contribution is 2.25. The Morgan fingerprint density at radius 1 is 1.10 bits per heavy atom. The van der Waals surface area contributed by atoms with Gasteiger partial charge in [-0.15, -0.1) is 0 Å². The van der Waals surface area contributed by atoms with Crippen LogP contribution in [-0.2, 0) is 26.7 Å². The lowest BCUT2D eigenvalue weighted by atomic mass is 9.87. The molecule has 30 heavy (non-hydrogen) atoms. The zero-order valence-corrected chi connectivity index (χ0v) is 19.5. The Hall–Kier alpha value is -1.90. The van der Waals surface area contributed by atoms with Crippen LogP contribution in [0.2, 0.25) is 0 Å². The molecule has 0 atom stereocenters. The summed E-state index contributed by atoms with van der Waals surface area (Å²) >= 11 is 0. The number of ether oxygens (including phenoxy) is 2. The first-order valence-corrected chi connectivity index (χ1v) is 11.9. The van der Waals surface area contributed by atoms with E-state index in [0.717, 1.165) is 12.2 Å². The molecule has 0 spiro atoms. The van der Waals surface area contributed by atoms with E-state index in [2.05, 4.69) is 38.0 Å². The minimum Gasteiger partial charge on any atom is -0.494 e. The van der Waals surface area contributed by atoms with Gasteiger partial charge < -0.3 is 9.47 Å². The average molecular weight is 436 g/mol. The molecule has 1 aromatic heterocycles. The van der Waals surface area contributed by atoms with E-state index >= 15 is 0 Å². The lowest BCUT2D eigenvalue weighted by Crippen LogP contribution is -2.41. The largest absolute Gasteiger partial charge is 0.494 e. The monoisotopic (exact) mass is 435 g/mol. The third-order valence-electron chi connectivity index (χ3n) is 5.39. The highest BCUT2D eigenvalue weighted by Gasteiger charge is 2.31. The van der Waals surface area contributed by atoms with Crippen LogP contribution in [0.4, 0.5) is 0 Å². The van der Waals surface area contributed by atoms with Gasteiger partial charge in [0.2, 0.25) is 10.0 Å². The van der Waals surface area contributed by atoms with Gasteiger partial charge in [0.05, 0.1) is 31.2 Å². The number of rotatable bonds is 7. The van der Waals surface area contributed by atoms with Crippen LogP contribution in [0.5, 0.6) is 5.75 Å². The van der Waals surface area contributed by atoms with Gasteiger partial charge in [0.25, 0.3) is 0 Å². The molecule has 0 unspecified atom stereocenters. The number of benzene rings is 1. The van der Waals surface area contributed by atoms with Gasteiger partial charge in [-0.2, -0.15) is 9.40 Å². The van der Waals surface area contributed by atoms with E-state index in [4.69, 9.17) is 9.47 Å². The van der Waals surface area contributed by atoms with Crippen molar-refractivity contribution in [2.24, 2.45) is 0 Å². The SMILES string of the molecule is Cc1nn(CCCOc2ccc(C(C)(C)C)cc2)c(C)c1S(=O)(=O)N1CCOCC1. The van der Waals surface area contributed by atoms with Crippen molar-refractivity contribution in [3.63, 3.8) is 0 Å².